The molecule has 2 atom stereocenters. The minimum Gasteiger partial charge on any atom is -0.506 e. The minimum absolute atomic E-state index is 0.00126. The summed E-state index contributed by atoms with van der Waals surface area (Å²) in [6, 6.07) is 7.83. The highest BCUT2D eigenvalue weighted by Gasteiger charge is 2.51. The average molecular weight is 1140 g/mol. The first-order valence-electron chi connectivity index (χ1n) is 24.8. The van der Waals surface area contributed by atoms with E-state index in [1.54, 1.807) is 37.4 Å². The molecule has 2 aromatic rings. The number of fused-ring (bicyclic) bond motifs is 2. The van der Waals surface area contributed by atoms with Gasteiger partial charge >= 0.3 is 5.97 Å². The monoisotopic (exact) mass is 1140 g/mol. The number of hydrogen-bond acceptors (Lipinski definition) is 19. The normalized spacial score (nSPS) is 20.8. The molecule has 2 unspecified atom stereocenters. The first kappa shape index (κ1) is 60.9. The third-order valence-corrected chi connectivity index (χ3v) is 16.1. The second-order valence-electron chi connectivity index (χ2n) is 18.8. The van der Waals surface area contributed by atoms with Crippen molar-refractivity contribution in [2.75, 3.05) is 104 Å². The van der Waals surface area contributed by atoms with Gasteiger partial charge in [-0.15, -0.1) is 5.06 Å². The number of aliphatic hydroxyl groups excluding tert-OH is 1. The van der Waals surface area contributed by atoms with Crippen LogP contribution in [0.25, 0.3) is 0 Å². The van der Waals surface area contributed by atoms with Gasteiger partial charge in [-0.25, -0.2) is 4.79 Å². The maximum Gasteiger partial charge on any atom is 0.333 e. The summed E-state index contributed by atoms with van der Waals surface area (Å²) in [5.74, 6) is -3.97. The van der Waals surface area contributed by atoms with E-state index in [1.807, 2.05) is 0 Å². The van der Waals surface area contributed by atoms with Gasteiger partial charge in [0.1, 0.15) is 12.3 Å². The number of allylic oxidation sites excluding steroid dienone is 5. The number of Topliss-reactive ketones (excluding diaryl/α,β-unsaturated/α-hetero) is 1. The Morgan fingerprint density at radius 2 is 1.23 bits per heavy atom. The van der Waals surface area contributed by atoms with Gasteiger partial charge in [0.05, 0.1) is 105 Å². The Hall–Kier alpha value is -5.30. The minimum atomic E-state index is -4.76. The molecule has 0 aromatic heterocycles. The molecule has 24 nitrogen and oxygen atoms in total. The van der Waals surface area contributed by atoms with Gasteiger partial charge in [-0.3, -0.25) is 28.0 Å². The standard InChI is InChI=1S/C50H65N3O21S3/c1-5-51-40-11-9-34(76(62,63)64)30-38(40)49(2,15-7-29-75(59,60)61)42(51)32-36-47(57)37(48(36)58)33-43-50(3,16-18-69-21-22-71-25-26-73-28-27-72-24-23-70-20-19-68-4)39-31-35(77(65,66)67)10-12-41(39)52(43)17-6-8-46(56)74-53-44(54)13-14-45(53)55/h9-12,30-33H,5-8,13-29H2,1-4H3,(H3-,57,58,59,60,61,62,63,64,65,66,67)/p+1. The third-order valence-electron chi connectivity index (χ3n) is 13.6. The zero-order valence-electron chi connectivity index (χ0n) is 43.3. The average Bonchev–Trinajstić information content (AvgIpc) is 4.13. The predicted molar refractivity (Wildman–Crippen MR) is 274 cm³/mol. The van der Waals surface area contributed by atoms with Crippen LogP contribution in [-0.2, 0) is 93.6 Å². The van der Waals surface area contributed by atoms with Crippen molar-refractivity contribution < 1.29 is 101 Å². The van der Waals surface area contributed by atoms with Crippen LogP contribution in [0.4, 0.5) is 11.4 Å². The molecule has 4 aliphatic rings. The van der Waals surface area contributed by atoms with Crippen molar-refractivity contribution in [1.29, 1.82) is 0 Å². The van der Waals surface area contributed by atoms with Gasteiger partial charge < -0.3 is 43.3 Å². The number of benzene rings is 2. The molecule has 3 heterocycles. The summed E-state index contributed by atoms with van der Waals surface area (Å²) in [6.45, 7) is 8.93. The number of ether oxygens (including phenoxy) is 6. The van der Waals surface area contributed by atoms with Gasteiger partial charge in [0.15, 0.2) is 5.71 Å². The number of amides is 2. The van der Waals surface area contributed by atoms with E-state index in [9.17, 15) is 63.2 Å². The number of rotatable bonds is 32. The molecule has 1 fully saturated rings. The number of hydrogen-bond donors (Lipinski definition) is 4. The van der Waals surface area contributed by atoms with Crippen molar-refractivity contribution in [3.63, 3.8) is 0 Å². The highest BCUT2D eigenvalue weighted by atomic mass is 32.2. The first-order valence-corrected chi connectivity index (χ1v) is 29.3. The number of hydroxylamine groups is 2. The molecule has 0 spiro atoms. The van der Waals surface area contributed by atoms with Crippen molar-refractivity contribution in [1.82, 2.24) is 5.06 Å². The lowest BCUT2D eigenvalue weighted by molar-refractivity contribution is -0.438. The number of methoxy groups -OCH3 is 1. The van der Waals surface area contributed by atoms with E-state index >= 15 is 0 Å². The van der Waals surface area contributed by atoms with E-state index in [4.69, 9.17) is 33.3 Å². The lowest BCUT2D eigenvalue weighted by Crippen LogP contribution is -2.35. The molecule has 2 amide bonds. The molecule has 6 rings (SSSR count). The van der Waals surface area contributed by atoms with Gasteiger partial charge in [0.25, 0.3) is 42.2 Å². The van der Waals surface area contributed by atoms with Gasteiger partial charge in [-0.2, -0.15) is 29.8 Å². The van der Waals surface area contributed by atoms with Crippen molar-refractivity contribution in [3.05, 3.63) is 82.3 Å². The summed E-state index contributed by atoms with van der Waals surface area (Å²) in [5.41, 5.74) is -0.456. The molecular formula is C50H66N3O21S3+. The summed E-state index contributed by atoms with van der Waals surface area (Å²) < 4.78 is 138. The molecule has 4 N–H and O–H groups in total. The maximum atomic E-state index is 14.5. The van der Waals surface area contributed by atoms with Crippen molar-refractivity contribution >= 4 is 71.0 Å². The van der Waals surface area contributed by atoms with Crippen LogP contribution in [0.1, 0.15) is 76.8 Å². The van der Waals surface area contributed by atoms with Crippen LogP contribution in [0.3, 0.4) is 0 Å². The first-order chi connectivity index (χ1) is 36.4. The summed E-state index contributed by atoms with van der Waals surface area (Å²) in [4.78, 5) is 57.7. The highest BCUT2D eigenvalue weighted by molar-refractivity contribution is 7.86. The molecule has 1 aliphatic carbocycles. The number of anilines is 1. The van der Waals surface area contributed by atoms with E-state index in [0.717, 1.165) is 0 Å². The Balaban J connectivity index is 1.29. The highest BCUT2D eigenvalue weighted by Crippen LogP contribution is 2.52. The van der Waals surface area contributed by atoms with E-state index in [2.05, 4.69) is 0 Å². The Labute approximate surface area is 447 Å². The van der Waals surface area contributed by atoms with Crippen LogP contribution in [0.5, 0.6) is 0 Å². The van der Waals surface area contributed by atoms with Crippen LogP contribution in [-0.4, -0.2) is 182 Å². The summed E-state index contributed by atoms with van der Waals surface area (Å²) in [7, 11) is -12.3. The van der Waals surface area contributed by atoms with Crippen LogP contribution in [0.15, 0.2) is 80.9 Å². The smallest absolute Gasteiger partial charge is 0.333 e. The fourth-order valence-corrected chi connectivity index (χ4v) is 11.1. The summed E-state index contributed by atoms with van der Waals surface area (Å²) in [6.07, 6.45) is 2.38. The molecule has 3 aliphatic heterocycles. The predicted octanol–water partition coefficient (Wildman–Crippen LogP) is 3.71. The molecular weight excluding hydrogens is 1070 g/mol. The Bertz CT molecular complexity index is 3030. The molecule has 77 heavy (non-hydrogen) atoms. The fraction of sp³-hybridized carbons (Fsp3) is 0.540. The van der Waals surface area contributed by atoms with Crippen LogP contribution < -0.4 is 4.90 Å². The second-order valence-corrected chi connectivity index (χ2v) is 23.2. The van der Waals surface area contributed by atoms with Gasteiger partial charge in [0, 0.05) is 74.0 Å². The van der Waals surface area contributed by atoms with Crippen molar-refractivity contribution in [2.45, 2.75) is 86.3 Å². The largest absolute Gasteiger partial charge is 0.506 e. The topological polar surface area (TPSA) is 326 Å². The number of aliphatic hydroxyl groups is 1. The van der Waals surface area contributed by atoms with Crippen LogP contribution in [0, 0.1) is 0 Å². The van der Waals surface area contributed by atoms with Crippen LogP contribution in [0.2, 0.25) is 0 Å². The van der Waals surface area contributed by atoms with E-state index in [0.29, 0.717) is 85.2 Å². The Morgan fingerprint density at radius 3 is 1.75 bits per heavy atom. The van der Waals surface area contributed by atoms with Crippen LogP contribution >= 0.6 is 0 Å². The van der Waals surface area contributed by atoms with E-state index in [1.165, 1.54) is 48.6 Å². The third kappa shape index (κ3) is 14.9. The van der Waals surface area contributed by atoms with E-state index < -0.39 is 86.1 Å². The maximum absolute atomic E-state index is 14.5. The molecule has 0 radical (unpaired) electrons. The number of carbonyl (C=O) groups is 4. The Morgan fingerprint density at radius 1 is 0.701 bits per heavy atom. The van der Waals surface area contributed by atoms with Crippen molar-refractivity contribution in [2.24, 2.45) is 0 Å². The molecule has 0 saturated carbocycles. The molecule has 27 heteroatoms. The molecule has 2 aromatic carbocycles. The number of imide groups is 1. The molecule has 424 valence electrons. The van der Waals surface area contributed by atoms with Crippen molar-refractivity contribution in [3.8, 4) is 0 Å². The Kier molecular flexibility index (Phi) is 20.7. The number of nitrogens with zero attached hydrogens (tertiary/aromatic N) is 3. The lowest BCUT2D eigenvalue weighted by Gasteiger charge is -2.31. The lowest BCUT2D eigenvalue weighted by atomic mass is 9.74. The zero-order valence-corrected chi connectivity index (χ0v) is 45.7. The van der Waals surface area contributed by atoms with Gasteiger partial charge in [-0.05, 0) is 82.0 Å². The van der Waals surface area contributed by atoms with Gasteiger partial charge in [-0.1, -0.05) is 0 Å². The SMILES string of the molecule is CCN1C(=CC2=C(O)C(=CC3=[N+](CCCC(=O)ON4C(=O)CCC4=O)c4ccc(S(=O)(=O)O)cc4C3(C)CCOCCOCCOCCOCCOCCOC)C2=O)C(C)(CCCS(=O)(=O)O)c2cc(S(=O)(=O)O)ccc21. The molecule has 0 bridgehead atoms. The number of ketones is 1. The summed E-state index contributed by atoms with van der Waals surface area (Å²) >= 11 is 0. The second kappa shape index (κ2) is 26.1. The zero-order chi connectivity index (χ0) is 56.3. The number of likely N-dealkylation sites (N-methyl/N-ethyl adjacent to an activating group) is 1. The van der Waals surface area contributed by atoms with E-state index in [-0.39, 0.29) is 95.6 Å². The van der Waals surface area contributed by atoms with Gasteiger partial charge in [0.2, 0.25) is 11.5 Å². The fourth-order valence-electron chi connectivity index (χ4n) is 9.60. The molecule has 1 saturated heterocycles. The quantitative estimate of drug-likeness (QED) is 0.0267. The summed E-state index contributed by atoms with van der Waals surface area (Å²) in [5, 5.41) is 12.3. The number of carbonyl (C=O) groups excluding carboxylic acids is 4.